The van der Waals surface area contributed by atoms with Crippen LogP contribution in [0.15, 0.2) is 36.4 Å². The molecule has 4 aliphatic heterocycles. The summed E-state index contributed by atoms with van der Waals surface area (Å²) in [6, 6.07) is 4.67. The molecule has 400 valence electrons. The van der Waals surface area contributed by atoms with E-state index in [1.807, 2.05) is 0 Å². The standard InChI is InChI=1S/C42H58O29/c1-63-37(57)27-25(49)31(53)41(61,65-3)33(67-27)13-5-7-15(17(9-13)39(59)29(51)23(47)21(45)19(11-43)70-39)35(55)69-36(56)16-8-6-14(10-18(16)40(60)30(52)24(48)22(46)20(12-44)71-40)34-42(62,66-4)32(54)26(50)28(68-34)38(58)64-2/h5-10,19-34,37-38,43-54,57-62H,11-12H2,1-4H3/t19-,20-,21-,22-,23+,24+,25-,26-,27+,28+,29-,30-,31+,32+,33+,34+,37?,38?,39?,40?,41+,42+/m1/s1. The third-order valence-corrected chi connectivity index (χ3v) is 13.2. The highest BCUT2D eigenvalue weighted by molar-refractivity contribution is 6.04. The summed E-state index contributed by atoms with van der Waals surface area (Å²) < 4.78 is 47.4. The zero-order valence-electron chi connectivity index (χ0n) is 37.8. The Morgan fingerprint density at radius 1 is 0.535 bits per heavy atom. The van der Waals surface area contributed by atoms with Gasteiger partial charge in [0.25, 0.3) is 0 Å². The van der Waals surface area contributed by atoms with Gasteiger partial charge in [0, 0.05) is 39.6 Å². The summed E-state index contributed by atoms with van der Waals surface area (Å²) in [6.45, 7) is -2.30. The summed E-state index contributed by atoms with van der Waals surface area (Å²) >= 11 is 0. The van der Waals surface area contributed by atoms with E-state index in [-0.39, 0.29) is 0 Å². The lowest BCUT2D eigenvalue weighted by molar-refractivity contribution is -0.378. The molecule has 4 saturated heterocycles. The van der Waals surface area contributed by atoms with Gasteiger partial charge in [-0.3, -0.25) is 0 Å². The van der Waals surface area contributed by atoms with Crippen molar-refractivity contribution in [2.45, 2.75) is 133 Å². The Balaban J connectivity index is 1.51. The van der Waals surface area contributed by atoms with Gasteiger partial charge in [0.05, 0.1) is 24.3 Å². The Morgan fingerprint density at radius 2 is 0.873 bits per heavy atom. The molecular formula is C42H58O29. The van der Waals surface area contributed by atoms with Crippen LogP contribution < -0.4 is 0 Å². The van der Waals surface area contributed by atoms with Crippen LogP contribution in [0.4, 0.5) is 0 Å². The van der Waals surface area contributed by atoms with E-state index >= 15 is 0 Å². The Kier molecular flexibility index (Phi) is 17.1. The summed E-state index contributed by atoms with van der Waals surface area (Å²) in [4.78, 5) is 28.7. The fourth-order valence-electron chi connectivity index (χ4n) is 9.01. The minimum atomic E-state index is -3.42. The lowest BCUT2D eigenvalue weighted by Crippen LogP contribution is -2.65. The Bertz CT molecular complexity index is 2050. The van der Waals surface area contributed by atoms with Gasteiger partial charge in [-0.25, -0.2) is 9.59 Å². The Labute approximate surface area is 400 Å². The minimum absolute atomic E-state index is 0.460. The molecule has 2 aromatic rings. The highest BCUT2D eigenvalue weighted by atomic mass is 16.7. The molecule has 4 heterocycles. The molecule has 71 heavy (non-hydrogen) atoms. The highest BCUT2D eigenvalue weighted by Crippen LogP contribution is 2.47. The molecule has 4 aliphatic rings. The molecule has 0 spiro atoms. The molecule has 18 N–H and O–H groups in total. The summed E-state index contributed by atoms with van der Waals surface area (Å²) in [6.07, 6.45) is -38.8. The number of hydrogen-bond acceptors (Lipinski definition) is 29. The Morgan fingerprint density at radius 3 is 1.17 bits per heavy atom. The number of hydrogen-bond donors (Lipinski definition) is 18. The van der Waals surface area contributed by atoms with E-state index in [1.165, 1.54) is 0 Å². The third-order valence-electron chi connectivity index (χ3n) is 13.2. The van der Waals surface area contributed by atoms with Crippen molar-refractivity contribution >= 4 is 11.9 Å². The molecule has 4 fully saturated rings. The average Bonchev–Trinajstić information content (AvgIpc) is 3.37. The molecule has 29 nitrogen and oxygen atoms in total. The van der Waals surface area contributed by atoms with Gasteiger partial charge in [0.15, 0.2) is 12.6 Å². The van der Waals surface area contributed by atoms with Crippen LogP contribution in [-0.4, -0.2) is 255 Å². The van der Waals surface area contributed by atoms with Crippen LogP contribution in [0.5, 0.6) is 0 Å². The number of benzene rings is 2. The molecule has 6 rings (SSSR count). The minimum Gasteiger partial charge on any atom is -0.394 e. The molecular weight excluding hydrogens is 968 g/mol. The second kappa shape index (κ2) is 21.4. The number of aliphatic hydroxyl groups is 18. The van der Waals surface area contributed by atoms with Crippen molar-refractivity contribution in [3.63, 3.8) is 0 Å². The first-order valence-corrected chi connectivity index (χ1v) is 21.4. The smallest absolute Gasteiger partial charge is 0.346 e. The maximum Gasteiger partial charge on any atom is 0.346 e. The predicted molar refractivity (Wildman–Crippen MR) is 220 cm³/mol. The average molecular weight is 1030 g/mol. The van der Waals surface area contributed by atoms with E-state index in [1.54, 1.807) is 0 Å². The molecule has 2 aromatic carbocycles. The number of aliphatic hydroxyl groups excluding tert-OH is 14. The van der Waals surface area contributed by atoms with Gasteiger partial charge in [0.1, 0.15) is 97.7 Å². The Hall–Kier alpha value is -3.46. The topological polar surface area (TPSA) is 481 Å². The monoisotopic (exact) mass is 1030 g/mol. The number of carbonyl (C=O) groups is 2. The summed E-state index contributed by atoms with van der Waals surface area (Å²) in [5, 5.41) is 197. The number of carbonyl (C=O) groups excluding carboxylic acids is 2. The first kappa shape index (κ1) is 56.8. The lowest BCUT2D eigenvalue weighted by atomic mass is 9.82. The molecule has 4 unspecified atom stereocenters. The van der Waals surface area contributed by atoms with Gasteiger partial charge in [-0.15, -0.1) is 0 Å². The SMILES string of the molecule is COC(O)[C@H]1O[C@@H](c2ccc(C(=O)OC(=O)c3ccc([C@@H]4O[C@H](C(O)OC)[C@@H](O)[C@H](O)[C@]4(O)OC)cc3C3(O)O[C@H](CO)[C@@H](O)[C@H](O)[C@H]3O)c(C3(O)O[C@H](CO)[C@@H](O)[C@H](O)[C@H]3O)c2)[C@@](O)(OC)[C@@H](O)[C@@H]1O. The first-order valence-electron chi connectivity index (χ1n) is 21.4. The van der Waals surface area contributed by atoms with Crippen molar-refractivity contribution in [2.24, 2.45) is 0 Å². The van der Waals surface area contributed by atoms with Gasteiger partial charge in [-0.05, 0) is 35.4 Å². The van der Waals surface area contributed by atoms with Crippen molar-refractivity contribution in [1.82, 2.24) is 0 Å². The highest BCUT2D eigenvalue weighted by Gasteiger charge is 2.61. The van der Waals surface area contributed by atoms with Gasteiger partial charge in [-0.2, -0.15) is 0 Å². The molecule has 0 saturated carbocycles. The number of methoxy groups -OCH3 is 4. The predicted octanol–water partition coefficient (Wildman–Crippen LogP) is -9.16. The second-order valence-electron chi connectivity index (χ2n) is 17.2. The molecule has 0 aromatic heterocycles. The molecule has 29 heteroatoms. The summed E-state index contributed by atoms with van der Waals surface area (Å²) in [7, 11) is 3.70. The van der Waals surface area contributed by atoms with Crippen molar-refractivity contribution in [3.05, 3.63) is 69.8 Å². The van der Waals surface area contributed by atoms with Gasteiger partial charge < -0.3 is 135 Å². The molecule has 0 amide bonds. The molecule has 0 aliphatic carbocycles. The van der Waals surface area contributed by atoms with Crippen molar-refractivity contribution in [2.75, 3.05) is 41.7 Å². The van der Waals surface area contributed by atoms with Crippen LogP contribution in [0, 0.1) is 0 Å². The largest absolute Gasteiger partial charge is 0.394 e. The van der Waals surface area contributed by atoms with Gasteiger partial charge in [-0.1, -0.05) is 12.1 Å². The third kappa shape index (κ3) is 9.53. The van der Waals surface area contributed by atoms with Crippen LogP contribution in [-0.2, 0) is 54.2 Å². The van der Waals surface area contributed by atoms with E-state index in [4.69, 9.17) is 42.6 Å². The van der Waals surface area contributed by atoms with E-state index in [0.717, 1.165) is 52.7 Å². The van der Waals surface area contributed by atoms with E-state index in [9.17, 15) is 102 Å². The van der Waals surface area contributed by atoms with Crippen LogP contribution in [0.1, 0.15) is 55.2 Å². The van der Waals surface area contributed by atoms with Crippen molar-refractivity contribution < 1.29 is 144 Å². The molecule has 0 radical (unpaired) electrons. The normalized spacial score (nSPS) is 42.8. The fourth-order valence-corrected chi connectivity index (χ4v) is 9.01. The van der Waals surface area contributed by atoms with Gasteiger partial charge in [0.2, 0.25) is 23.1 Å². The lowest BCUT2D eigenvalue weighted by Gasteiger charge is -2.49. The number of esters is 2. The second-order valence-corrected chi connectivity index (χ2v) is 17.2. The number of ether oxygens (including phenoxy) is 9. The fraction of sp³-hybridized carbons (Fsp3) is 0.667. The maximum atomic E-state index is 14.4. The van der Waals surface area contributed by atoms with Crippen molar-refractivity contribution in [3.8, 4) is 0 Å². The molecule has 0 bridgehead atoms. The summed E-state index contributed by atoms with van der Waals surface area (Å²) in [5.74, 6) is -16.4. The van der Waals surface area contributed by atoms with E-state index < -0.39 is 192 Å². The maximum absolute atomic E-state index is 14.4. The van der Waals surface area contributed by atoms with Crippen LogP contribution in [0.25, 0.3) is 0 Å². The first-order chi connectivity index (χ1) is 33.2. The van der Waals surface area contributed by atoms with Crippen LogP contribution in [0.2, 0.25) is 0 Å². The molecule has 22 atom stereocenters. The van der Waals surface area contributed by atoms with E-state index in [0.29, 0.717) is 12.1 Å². The quantitative estimate of drug-likeness (QED) is 0.0475. The van der Waals surface area contributed by atoms with Crippen molar-refractivity contribution in [1.29, 1.82) is 0 Å². The van der Waals surface area contributed by atoms with Gasteiger partial charge >= 0.3 is 11.9 Å². The van der Waals surface area contributed by atoms with E-state index in [2.05, 4.69) is 0 Å². The van der Waals surface area contributed by atoms with Crippen LogP contribution in [0.3, 0.4) is 0 Å². The zero-order chi connectivity index (χ0) is 53.0. The van der Waals surface area contributed by atoms with Crippen LogP contribution >= 0.6 is 0 Å². The zero-order valence-corrected chi connectivity index (χ0v) is 37.8. The number of rotatable bonds is 14. The summed E-state index contributed by atoms with van der Waals surface area (Å²) in [5.41, 5.74) is -4.93.